The molecule has 1 saturated heterocycles. The average molecular weight is 309 g/mol. The third-order valence-electron chi connectivity index (χ3n) is 3.40. The zero-order valence-corrected chi connectivity index (χ0v) is 11.5. The topological polar surface area (TPSA) is 112 Å². The minimum atomic E-state index is -1.20. The molecule has 0 spiro atoms. The van der Waals surface area contributed by atoms with Crippen molar-refractivity contribution in [2.75, 3.05) is 6.54 Å². The smallest absolute Gasteiger partial charge is 0.326 e. The molecule has 2 aromatic rings. The molecule has 0 aliphatic carbocycles. The Kier molecular flexibility index (Phi) is 3.22. The van der Waals surface area contributed by atoms with Gasteiger partial charge >= 0.3 is 5.97 Å². The molecule has 0 aromatic carbocycles. The van der Waals surface area contributed by atoms with Crippen LogP contribution in [0.3, 0.4) is 0 Å². The second-order valence-corrected chi connectivity index (χ2v) is 5.61. The molecular formula is C12H11N3O5S. The van der Waals surface area contributed by atoms with E-state index in [0.717, 1.165) is 11.1 Å². The number of β-amino-alcohol motifs (C(OH)–C–C–N with tert-alkyl or cyclic N) is 1. The molecule has 8 nitrogen and oxygen atoms in total. The molecule has 1 aliphatic heterocycles. The summed E-state index contributed by atoms with van der Waals surface area (Å²) < 4.78 is 1.24. The van der Waals surface area contributed by atoms with E-state index in [-0.39, 0.29) is 18.5 Å². The van der Waals surface area contributed by atoms with Gasteiger partial charge in [0.2, 0.25) is 0 Å². The number of rotatable bonds is 2. The molecule has 0 bridgehead atoms. The first-order valence-electron chi connectivity index (χ1n) is 6.15. The molecule has 2 atom stereocenters. The zero-order valence-electron chi connectivity index (χ0n) is 10.7. The normalized spacial score (nSPS) is 21.9. The molecular weight excluding hydrogens is 298 g/mol. The maximum atomic E-state index is 12.4. The molecule has 2 N–H and O–H groups in total. The van der Waals surface area contributed by atoms with Gasteiger partial charge in [0, 0.05) is 30.7 Å². The van der Waals surface area contributed by atoms with Gasteiger partial charge in [0.05, 0.1) is 6.10 Å². The van der Waals surface area contributed by atoms with Gasteiger partial charge < -0.3 is 15.1 Å². The van der Waals surface area contributed by atoms with Crippen molar-refractivity contribution in [3.8, 4) is 0 Å². The number of aliphatic hydroxyl groups excluding tert-OH is 1. The molecule has 0 unspecified atom stereocenters. The van der Waals surface area contributed by atoms with E-state index in [9.17, 15) is 19.5 Å². The van der Waals surface area contributed by atoms with E-state index in [1.165, 1.54) is 21.9 Å². The van der Waals surface area contributed by atoms with E-state index in [2.05, 4.69) is 4.98 Å². The van der Waals surface area contributed by atoms with Crippen LogP contribution in [-0.4, -0.2) is 55.1 Å². The lowest BCUT2D eigenvalue weighted by molar-refractivity contribution is -0.141. The molecule has 3 heterocycles. The molecule has 1 amide bonds. The van der Waals surface area contributed by atoms with Crippen LogP contribution >= 0.6 is 11.3 Å². The number of carbonyl (C=O) groups is 2. The van der Waals surface area contributed by atoms with Gasteiger partial charge in [-0.05, 0) is 0 Å². The zero-order chi connectivity index (χ0) is 15.1. The number of likely N-dealkylation sites (tertiary alicyclic amines) is 1. The van der Waals surface area contributed by atoms with Crippen LogP contribution < -0.4 is 5.56 Å². The van der Waals surface area contributed by atoms with Gasteiger partial charge in [-0.25, -0.2) is 9.78 Å². The summed E-state index contributed by atoms with van der Waals surface area (Å²) in [6, 6.07) is -1.13. The van der Waals surface area contributed by atoms with Crippen molar-refractivity contribution < 1.29 is 19.8 Å². The molecule has 1 aliphatic rings. The Bertz CT molecular complexity index is 783. The Morgan fingerprint density at radius 1 is 1.43 bits per heavy atom. The second-order valence-electron chi connectivity index (χ2n) is 4.73. The Hall–Kier alpha value is -2.26. The summed E-state index contributed by atoms with van der Waals surface area (Å²) in [5.74, 6) is -1.93. The summed E-state index contributed by atoms with van der Waals surface area (Å²) in [6.07, 6.45) is 1.70. The van der Waals surface area contributed by atoms with Crippen LogP contribution in [0.15, 0.2) is 22.6 Å². The fraction of sp³-hybridized carbons (Fsp3) is 0.333. The van der Waals surface area contributed by atoms with Crippen LogP contribution in [-0.2, 0) is 4.79 Å². The first-order valence-corrected chi connectivity index (χ1v) is 7.03. The highest BCUT2D eigenvalue weighted by molar-refractivity contribution is 7.15. The van der Waals surface area contributed by atoms with Gasteiger partial charge in [-0.15, -0.1) is 11.3 Å². The largest absolute Gasteiger partial charge is 0.480 e. The predicted octanol–water partition coefficient (Wildman–Crippen LogP) is -0.584. The highest BCUT2D eigenvalue weighted by Crippen LogP contribution is 2.20. The van der Waals surface area contributed by atoms with Gasteiger partial charge in [-0.3, -0.25) is 14.0 Å². The van der Waals surface area contributed by atoms with Gasteiger partial charge in [0.25, 0.3) is 11.5 Å². The lowest BCUT2D eigenvalue weighted by Crippen LogP contribution is -2.42. The van der Waals surface area contributed by atoms with Gasteiger partial charge in [-0.2, -0.15) is 0 Å². The van der Waals surface area contributed by atoms with Crippen LogP contribution in [0.2, 0.25) is 0 Å². The number of hydrogen-bond acceptors (Lipinski definition) is 6. The number of carboxylic acids is 1. The average Bonchev–Trinajstić information content (AvgIpc) is 3.05. The van der Waals surface area contributed by atoms with Crippen molar-refractivity contribution in [1.82, 2.24) is 14.3 Å². The van der Waals surface area contributed by atoms with Crippen molar-refractivity contribution in [3.05, 3.63) is 33.7 Å². The summed E-state index contributed by atoms with van der Waals surface area (Å²) in [7, 11) is 0. The monoisotopic (exact) mass is 309 g/mol. The maximum absolute atomic E-state index is 12.4. The van der Waals surface area contributed by atoms with Crippen LogP contribution in [0, 0.1) is 0 Å². The van der Waals surface area contributed by atoms with Gasteiger partial charge in [0.1, 0.15) is 11.6 Å². The molecule has 2 aromatic heterocycles. The highest BCUT2D eigenvalue weighted by Gasteiger charge is 2.40. The summed E-state index contributed by atoms with van der Waals surface area (Å²) in [6.45, 7) is -0.110. The van der Waals surface area contributed by atoms with E-state index in [0.29, 0.717) is 4.96 Å². The molecule has 21 heavy (non-hydrogen) atoms. The number of aromatic nitrogens is 2. The van der Waals surface area contributed by atoms with Crippen molar-refractivity contribution >= 4 is 28.2 Å². The minimum absolute atomic E-state index is 0.0451. The Morgan fingerprint density at radius 2 is 2.19 bits per heavy atom. The van der Waals surface area contributed by atoms with E-state index in [4.69, 9.17) is 5.11 Å². The number of carboxylic acid groups (broad SMARTS) is 1. The third-order valence-corrected chi connectivity index (χ3v) is 4.17. The number of carbonyl (C=O) groups excluding carboxylic acids is 1. The first kappa shape index (κ1) is 13.7. The SMILES string of the molecule is O=C(O)[C@@H]1C[C@H](O)CN1C(=O)c1cnc2sccn2c1=O. The van der Waals surface area contributed by atoms with Crippen molar-refractivity contribution in [3.63, 3.8) is 0 Å². The molecule has 1 fully saturated rings. The van der Waals surface area contributed by atoms with Crippen molar-refractivity contribution in [2.45, 2.75) is 18.6 Å². The van der Waals surface area contributed by atoms with E-state index >= 15 is 0 Å². The van der Waals surface area contributed by atoms with Crippen molar-refractivity contribution in [1.29, 1.82) is 0 Å². The molecule has 110 valence electrons. The van der Waals surface area contributed by atoms with Crippen LogP contribution in [0.1, 0.15) is 16.8 Å². The Morgan fingerprint density at radius 3 is 2.90 bits per heavy atom. The number of nitrogens with zero attached hydrogens (tertiary/aromatic N) is 3. The number of aliphatic hydroxyl groups is 1. The lowest BCUT2D eigenvalue weighted by Gasteiger charge is -2.20. The number of fused-ring (bicyclic) bond motifs is 1. The lowest BCUT2D eigenvalue weighted by atomic mass is 10.2. The standard InChI is InChI=1S/C12H11N3O5S/c16-6-3-8(11(19)20)15(5-6)10(18)7-4-13-12-14(9(7)17)1-2-21-12/h1-2,4,6,8,16H,3,5H2,(H,19,20)/t6-,8-/m0/s1. The molecule has 0 radical (unpaired) electrons. The fourth-order valence-electron chi connectivity index (χ4n) is 2.40. The van der Waals surface area contributed by atoms with Gasteiger partial charge in [0.15, 0.2) is 4.96 Å². The van der Waals surface area contributed by atoms with E-state index in [1.54, 1.807) is 5.38 Å². The summed E-state index contributed by atoms with van der Waals surface area (Å²) >= 11 is 1.25. The summed E-state index contributed by atoms with van der Waals surface area (Å²) in [5.41, 5.74) is -0.747. The van der Waals surface area contributed by atoms with Crippen LogP contribution in [0.5, 0.6) is 0 Å². The van der Waals surface area contributed by atoms with E-state index < -0.39 is 29.6 Å². The maximum Gasteiger partial charge on any atom is 0.326 e. The number of thiazole rings is 1. The fourth-order valence-corrected chi connectivity index (χ4v) is 3.07. The molecule has 0 saturated carbocycles. The Labute approximate surface area is 121 Å². The number of hydrogen-bond donors (Lipinski definition) is 2. The second kappa shape index (κ2) is 4.93. The minimum Gasteiger partial charge on any atom is -0.480 e. The van der Waals surface area contributed by atoms with Crippen molar-refractivity contribution in [2.24, 2.45) is 0 Å². The highest BCUT2D eigenvalue weighted by atomic mass is 32.1. The Balaban J connectivity index is 2.02. The van der Waals surface area contributed by atoms with Crippen LogP contribution in [0.4, 0.5) is 0 Å². The predicted molar refractivity (Wildman–Crippen MR) is 72.4 cm³/mol. The van der Waals surface area contributed by atoms with Crippen LogP contribution in [0.25, 0.3) is 4.96 Å². The van der Waals surface area contributed by atoms with Gasteiger partial charge in [-0.1, -0.05) is 0 Å². The number of aliphatic carboxylic acids is 1. The molecule has 3 rings (SSSR count). The number of amides is 1. The summed E-state index contributed by atoms with van der Waals surface area (Å²) in [4.78, 5) is 41.2. The quantitative estimate of drug-likeness (QED) is 0.767. The summed E-state index contributed by atoms with van der Waals surface area (Å²) in [5, 5.41) is 20.3. The first-order chi connectivity index (χ1) is 9.99. The third kappa shape index (κ3) is 2.20. The van der Waals surface area contributed by atoms with E-state index in [1.807, 2.05) is 0 Å². The molecule has 9 heteroatoms.